The van der Waals surface area contributed by atoms with Gasteiger partial charge in [0.25, 0.3) is 0 Å². The van der Waals surface area contributed by atoms with Crippen LogP contribution in [0.3, 0.4) is 0 Å². The number of esters is 1. The number of hydrogen-bond acceptors (Lipinski definition) is 5. The molecule has 0 amide bonds. The van der Waals surface area contributed by atoms with Crippen molar-refractivity contribution in [3.05, 3.63) is 11.8 Å². The third-order valence-corrected chi connectivity index (χ3v) is 2.54. The topological polar surface area (TPSA) is 62.7 Å². The molecule has 2 N–H and O–H groups in total. The van der Waals surface area contributed by atoms with Crippen molar-refractivity contribution in [3.8, 4) is 0 Å². The fourth-order valence-corrected chi connectivity index (χ4v) is 1.79. The molecule has 0 aromatic heterocycles. The third-order valence-electron chi connectivity index (χ3n) is 2.54. The van der Waals surface area contributed by atoms with E-state index in [9.17, 15) is 4.79 Å². The lowest BCUT2D eigenvalue weighted by Crippen LogP contribution is -2.43. The number of ether oxygens (including phenoxy) is 1. The van der Waals surface area contributed by atoms with E-state index < -0.39 is 0 Å². The largest absolute Gasteiger partial charge is 0.463 e. The predicted octanol–water partition coefficient (Wildman–Crippen LogP) is 0.00210. The number of carbonyl (C=O) groups is 1. The maximum absolute atomic E-state index is 11.5. The van der Waals surface area contributed by atoms with Gasteiger partial charge in [0.15, 0.2) is 0 Å². The highest BCUT2D eigenvalue weighted by Crippen LogP contribution is 2.19. The van der Waals surface area contributed by atoms with Gasteiger partial charge in [-0.15, -0.1) is 0 Å². The summed E-state index contributed by atoms with van der Waals surface area (Å²) in [6.45, 7) is 3.74. The van der Waals surface area contributed by atoms with Crippen molar-refractivity contribution in [2.75, 3.05) is 19.8 Å². The summed E-state index contributed by atoms with van der Waals surface area (Å²) in [7, 11) is 0. The van der Waals surface area contributed by atoms with E-state index in [0.717, 1.165) is 12.4 Å². The molecular weight excluding hydrogens is 194 g/mol. The second-order valence-electron chi connectivity index (χ2n) is 3.59. The molecule has 0 aromatic carbocycles. The van der Waals surface area contributed by atoms with Crippen molar-refractivity contribution in [2.45, 2.75) is 13.3 Å². The summed E-state index contributed by atoms with van der Waals surface area (Å²) in [6.07, 6.45) is 2.41. The quantitative estimate of drug-likeness (QED) is 0.628. The van der Waals surface area contributed by atoms with E-state index in [-0.39, 0.29) is 11.9 Å². The Morgan fingerprint density at radius 2 is 2.60 bits per heavy atom. The molecule has 15 heavy (non-hydrogen) atoms. The van der Waals surface area contributed by atoms with Gasteiger partial charge in [0, 0.05) is 18.7 Å². The molecule has 2 heterocycles. The zero-order valence-corrected chi connectivity index (χ0v) is 8.75. The number of fused-ring (bicyclic) bond motifs is 1. The van der Waals surface area contributed by atoms with Crippen molar-refractivity contribution >= 4 is 11.8 Å². The molecule has 0 aliphatic carbocycles. The first-order valence-electron chi connectivity index (χ1n) is 5.19. The number of aliphatic imine (C=N–C) groups is 1. The third kappa shape index (κ3) is 2.18. The molecule has 2 rings (SSSR count). The fourth-order valence-electron chi connectivity index (χ4n) is 1.79. The summed E-state index contributed by atoms with van der Waals surface area (Å²) in [4.78, 5) is 15.8. The molecule has 5 heteroatoms. The molecule has 1 unspecified atom stereocenters. The molecule has 5 nitrogen and oxygen atoms in total. The number of nitrogens with one attached hydrogen (secondary N) is 2. The van der Waals surface area contributed by atoms with Gasteiger partial charge in [-0.05, 0) is 13.3 Å². The summed E-state index contributed by atoms with van der Waals surface area (Å²) >= 11 is 0. The molecule has 0 saturated carbocycles. The van der Waals surface area contributed by atoms with Crippen LogP contribution in [0.4, 0.5) is 0 Å². The van der Waals surface area contributed by atoms with Gasteiger partial charge in [-0.25, -0.2) is 4.79 Å². The Morgan fingerprint density at radius 1 is 1.73 bits per heavy atom. The zero-order valence-electron chi connectivity index (χ0n) is 8.75. The molecule has 1 atom stereocenters. The van der Waals surface area contributed by atoms with Gasteiger partial charge in [-0.2, -0.15) is 0 Å². The van der Waals surface area contributed by atoms with Gasteiger partial charge >= 0.3 is 5.97 Å². The first kappa shape index (κ1) is 10.2. The highest BCUT2D eigenvalue weighted by molar-refractivity contribution is 5.95. The van der Waals surface area contributed by atoms with Gasteiger partial charge in [0.2, 0.25) is 0 Å². The lowest BCUT2D eigenvalue weighted by Gasteiger charge is -2.28. The van der Waals surface area contributed by atoms with Crippen LogP contribution in [0.1, 0.15) is 13.3 Å². The van der Waals surface area contributed by atoms with Crippen LogP contribution >= 0.6 is 0 Å². The number of nitrogens with zero attached hydrogens (tertiary/aromatic N) is 1. The van der Waals surface area contributed by atoms with Crippen molar-refractivity contribution < 1.29 is 9.53 Å². The van der Waals surface area contributed by atoms with Gasteiger partial charge in [-0.3, -0.25) is 10.3 Å². The van der Waals surface area contributed by atoms with E-state index in [4.69, 9.17) is 4.74 Å². The molecule has 0 radical (unpaired) electrons. The van der Waals surface area contributed by atoms with Gasteiger partial charge in [0.05, 0.1) is 18.8 Å². The minimum atomic E-state index is -0.227. The number of hydrogen-bond donors (Lipinski definition) is 2. The lowest BCUT2D eigenvalue weighted by molar-refractivity contribution is -0.138. The summed E-state index contributed by atoms with van der Waals surface area (Å²) in [5.74, 6) is 1.03. The number of carbonyl (C=O) groups excluding carboxylic acids is 1. The van der Waals surface area contributed by atoms with Crippen LogP contribution in [0.5, 0.6) is 0 Å². The summed E-state index contributed by atoms with van der Waals surface area (Å²) in [5.41, 5.74) is 0.699. The molecule has 0 fully saturated rings. The average molecular weight is 209 g/mol. The highest BCUT2D eigenvalue weighted by atomic mass is 16.5. The van der Waals surface area contributed by atoms with Crippen LogP contribution in [0.15, 0.2) is 16.8 Å². The van der Waals surface area contributed by atoms with Crippen molar-refractivity contribution in [1.29, 1.82) is 0 Å². The predicted molar refractivity (Wildman–Crippen MR) is 56.3 cm³/mol. The standard InChI is InChI=1S/C10H15N3O2/c1-2-15-10(14)8-3-7-4-11-6-13-9(7)12-5-8/h5,7,11H,2-4,6H2,1H3,(H,12,13). The van der Waals surface area contributed by atoms with Crippen LogP contribution < -0.4 is 10.6 Å². The van der Waals surface area contributed by atoms with E-state index in [1.54, 1.807) is 6.20 Å². The SMILES string of the molecule is CCOC(=O)C1=CNC2=NCNCC2C1. The van der Waals surface area contributed by atoms with Crippen molar-refractivity contribution in [3.63, 3.8) is 0 Å². The van der Waals surface area contributed by atoms with Gasteiger partial charge in [-0.1, -0.05) is 0 Å². The lowest BCUT2D eigenvalue weighted by atomic mass is 9.95. The van der Waals surface area contributed by atoms with E-state index in [0.29, 0.717) is 25.3 Å². The normalized spacial score (nSPS) is 24.5. The van der Waals surface area contributed by atoms with Crippen LogP contribution in [-0.2, 0) is 9.53 Å². The first-order valence-corrected chi connectivity index (χ1v) is 5.19. The molecular formula is C10H15N3O2. The second-order valence-corrected chi connectivity index (χ2v) is 3.59. The highest BCUT2D eigenvalue weighted by Gasteiger charge is 2.26. The minimum absolute atomic E-state index is 0.227. The molecule has 0 bridgehead atoms. The van der Waals surface area contributed by atoms with E-state index in [1.165, 1.54) is 0 Å². The Hall–Kier alpha value is -1.36. The molecule has 0 saturated heterocycles. The van der Waals surface area contributed by atoms with Crippen LogP contribution in [0.2, 0.25) is 0 Å². The van der Waals surface area contributed by atoms with Crippen molar-refractivity contribution in [2.24, 2.45) is 10.9 Å². The van der Waals surface area contributed by atoms with Crippen molar-refractivity contribution in [1.82, 2.24) is 10.6 Å². The molecule has 2 aliphatic rings. The monoisotopic (exact) mass is 209 g/mol. The summed E-state index contributed by atoms with van der Waals surface area (Å²) in [6, 6.07) is 0. The van der Waals surface area contributed by atoms with Gasteiger partial charge in [0.1, 0.15) is 5.84 Å². The molecule has 2 aliphatic heterocycles. The van der Waals surface area contributed by atoms with Crippen LogP contribution in [-0.4, -0.2) is 31.6 Å². The summed E-state index contributed by atoms with van der Waals surface area (Å²) < 4.78 is 4.95. The Morgan fingerprint density at radius 3 is 3.40 bits per heavy atom. The van der Waals surface area contributed by atoms with Gasteiger partial charge < -0.3 is 10.1 Å². The Bertz CT molecular complexity index is 323. The Kier molecular flexibility index (Phi) is 3.01. The van der Waals surface area contributed by atoms with E-state index in [1.807, 2.05) is 6.92 Å². The van der Waals surface area contributed by atoms with E-state index >= 15 is 0 Å². The zero-order chi connectivity index (χ0) is 10.7. The molecule has 0 aromatic rings. The number of amidine groups is 1. The average Bonchev–Trinajstić information content (AvgIpc) is 2.29. The molecule has 82 valence electrons. The first-order chi connectivity index (χ1) is 7.31. The Labute approximate surface area is 88.6 Å². The van der Waals surface area contributed by atoms with Crippen LogP contribution in [0.25, 0.3) is 0 Å². The smallest absolute Gasteiger partial charge is 0.335 e. The maximum atomic E-state index is 11.5. The molecule has 0 spiro atoms. The summed E-state index contributed by atoms with van der Waals surface area (Å²) in [5, 5.41) is 6.23. The Balaban J connectivity index is 2.05. The fraction of sp³-hybridized carbons (Fsp3) is 0.600. The second kappa shape index (κ2) is 4.44. The van der Waals surface area contributed by atoms with Crippen LogP contribution in [0, 0.1) is 5.92 Å². The minimum Gasteiger partial charge on any atom is -0.463 e. The van der Waals surface area contributed by atoms with E-state index in [2.05, 4.69) is 15.6 Å². The number of rotatable bonds is 2. The maximum Gasteiger partial charge on any atom is 0.335 e.